The Morgan fingerprint density at radius 1 is 1.30 bits per heavy atom. The lowest BCUT2D eigenvalue weighted by atomic mass is 9.64. The minimum Gasteiger partial charge on any atom is -0.387 e. The smallest absolute Gasteiger partial charge is 0.323 e. The molecule has 33 heavy (non-hydrogen) atoms. The lowest BCUT2D eigenvalue weighted by molar-refractivity contribution is -0.151. The van der Waals surface area contributed by atoms with Crippen LogP contribution in [0, 0.1) is 12.8 Å². The molecular formula is C24H29N7O2. The van der Waals surface area contributed by atoms with Crippen molar-refractivity contribution in [2.75, 3.05) is 5.32 Å². The second kappa shape index (κ2) is 7.68. The molecule has 2 unspecified atom stereocenters. The van der Waals surface area contributed by atoms with Gasteiger partial charge in [0.05, 0.1) is 17.5 Å². The Morgan fingerprint density at radius 3 is 2.91 bits per heavy atom. The van der Waals surface area contributed by atoms with E-state index in [1.807, 2.05) is 43.5 Å². The highest BCUT2D eigenvalue weighted by molar-refractivity contribution is 6.02. The van der Waals surface area contributed by atoms with Gasteiger partial charge in [0.25, 0.3) is 5.91 Å². The van der Waals surface area contributed by atoms with Crippen LogP contribution in [0.5, 0.6) is 0 Å². The van der Waals surface area contributed by atoms with Crippen molar-refractivity contribution in [3.05, 3.63) is 48.3 Å². The van der Waals surface area contributed by atoms with Gasteiger partial charge in [0.2, 0.25) is 0 Å². The highest BCUT2D eigenvalue weighted by Gasteiger charge is 2.62. The zero-order valence-corrected chi connectivity index (χ0v) is 18.9. The van der Waals surface area contributed by atoms with Crippen molar-refractivity contribution in [1.29, 1.82) is 0 Å². The largest absolute Gasteiger partial charge is 0.387 e. The number of aliphatic imine (C=N–C) groups is 1. The molecule has 3 N–H and O–H groups in total. The molecule has 5 rings (SSSR count). The molecule has 2 fully saturated rings. The summed E-state index contributed by atoms with van der Waals surface area (Å²) in [6.07, 6.45) is 5.73. The van der Waals surface area contributed by atoms with Gasteiger partial charge in [-0.25, -0.2) is 14.3 Å². The van der Waals surface area contributed by atoms with E-state index in [9.17, 15) is 9.59 Å². The van der Waals surface area contributed by atoms with E-state index in [2.05, 4.69) is 27.3 Å². The summed E-state index contributed by atoms with van der Waals surface area (Å²) < 4.78 is 1.77. The first-order valence-electron chi connectivity index (χ1n) is 11.1. The summed E-state index contributed by atoms with van der Waals surface area (Å²) >= 11 is 0. The van der Waals surface area contributed by atoms with E-state index < -0.39 is 5.54 Å². The Labute approximate surface area is 193 Å². The van der Waals surface area contributed by atoms with Crippen LogP contribution in [0.25, 0.3) is 16.9 Å². The van der Waals surface area contributed by atoms with Crippen molar-refractivity contribution >= 4 is 29.0 Å². The molecule has 1 saturated heterocycles. The molecule has 3 atom stereocenters. The van der Waals surface area contributed by atoms with E-state index in [0.717, 1.165) is 23.1 Å². The Bertz CT molecular complexity index is 1300. The molecule has 2 aliphatic rings. The maximum absolute atomic E-state index is 13.3. The quantitative estimate of drug-likeness (QED) is 0.470. The predicted molar refractivity (Wildman–Crippen MR) is 128 cm³/mol. The summed E-state index contributed by atoms with van der Waals surface area (Å²) in [5.74, 6) is 0.788. The van der Waals surface area contributed by atoms with Gasteiger partial charge in [-0.1, -0.05) is 13.0 Å². The van der Waals surface area contributed by atoms with Crippen LogP contribution < -0.4 is 11.1 Å². The van der Waals surface area contributed by atoms with E-state index in [0.29, 0.717) is 30.3 Å². The highest BCUT2D eigenvalue weighted by Crippen LogP contribution is 2.50. The standard InChI is InChI=1S/C24H27N7O2.H2/c1-14-9-19-12-24(11-14,22(32)27-16(3)25)31(19)23(33)28-17-7-6-15(2)20(10-17)21-26-13-18-5-4-8-30(18)29-21;/h4-8,10,13-14,19H,9,11-12H2,1-3H3,(H,28,33)(H2,25,27,32);1H/t14-,19?,24?;/m0./s1. The minimum absolute atomic E-state index is 0. The van der Waals surface area contributed by atoms with Gasteiger partial charge in [-0.15, -0.1) is 5.10 Å². The first-order valence-corrected chi connectivity index (χ1v) is 11.1. The third-order valence-electron chi connectivity index (χ3n) is 6.67. The van der Waals surface area contributed by atoms with Crippen LogP contribution in [0.1, 0.15) is 40.1 Å². The van der Waals surface area contributed by atoms with Gasteiger partial charge >= 0.3 is 6.03 Å². The molecule has 172 valence electrons. The van der Waals surface area contributed by atoms with E-state index in [-0.39, 0.29) is 25.2 Å². The summed E-state index contributed by atoms with van der Waals surface area (Å²) in [5, 5.41) is 7.56. The fourth-order valence-electron chi connectivity index (χ4n) is 5.30. The molecule has 1 aromatic carbocycles. The van der Waals surface area contributed by atoms with E-state index in [4.69, 9.17) is 5.73 Å². The molecule has 0 spiro atoms. The predicted octanol–water partition coefficient (Wildman–Crippen LogP) is 3.63. The number of urea groups is 1. The zero-order valence-electron chi connectivity index (χ0n) is 18.9. The SMILES string of the molecule is CC(N)=NC(=O)C12CC(C[C@H](C)C1)N2C(=O)Nc1ccc(C)c(-c2ncc3cccn3n2)c1.[HH]. The Hall–Kier alpha value is -3.75. The number of amides is 3. The van der Waals surface area contributed by atoms with Crippen molar-refractivity contribution in [3.8, 4) is 11.4 Å². The molecular weight excluding hydrogens is 418 g/mol. The normalized spacial score (nSPS) is 24.5. The molecule has 2 aromatic heterocycles. The Balaban J connectivity index is 0.00000274. The van der Waals surface area contributed by atoms with E-state index >= 15 is 0 Å². The number of nitrogens with zero attached hydrogens (tertiary/aromatic N) is 5. The van der Waals surface area contributed by atoms with Crippen molar-refractivity contribution in [1.82, 2.24) is 19.5 Å². The van der Waals surface area contributed by atoms with Crippen molar-refractivity contribution in [2.24, 2.45) is 16.6 Å². The number of hydrogen-bond acceptors (Lipinski definition) is 4. The number of benzene rings is 1. The lowest BCUT2D eigenvalue weighted by Crippen LogP contribution is -2.75. The summed E-state index contributed by atoms with van der Waals surface area (Å²) in [7, 11) is 0. The maximum atomic E-state index is 13.3. The molecule has 1 saturated carbocycles. The Kier molecular flexibility index (Phi) is 4.92. The molecule has 1 aliphatic carbocycles. The minimum atomic E-state index is -0.914. The zero-order chi connectivity index (χ0) is 23.3. The van der Waals surface area contributed by atoms with Crippen LogP contribution in [0.4, 0.5) is 10.5 Å². The van der Waals surface area contributed by atoms with Crippen LogP contribution >= 0.6 is 0 Å². The number of carbonyl (C=O) groups is 2. The van der Waals surface area contributed by atoms with Crippen LogP contribution in [0.2, 0.25) is 0 Å². The number of hydrogen-bond donors (Lipinski definition) is 2. The summed E-state index contributed by atoms with van der Waals surface area (Å²) in [5.41, 5.74) is 8.10. The van der Waals surface area contributed by atoms with Gasteiger partial charge in [-0.2, -0.15) is 4.99 Å². The number of nitrogens with two attached hydrogens (primary N) is 1. The van der Waals surface area contributed by atoms with Crippen LogP contribution in [0.3, 0.4) is 0 Å². The second-order valence-electron chi connectivity index (χ2n) is 9.28. The Morgan fingerprint density at radius 2 is 2.12 bits per heavy atom. The summed E-state index contributed by atoms with van der Waals surface area (Å²) in [6, 6.07) is 9.21. The average molecular weight is 448 g/mol. The number of piperidine rings is 1. The van der Waals surface area contributed by atoms with Crippen LogP contribution in [-0.2, 0) is 4.79 Å². The topological polar surface area (TPSA) is 118 Å². The van der Waals surface area contributed by atoms with Gasteiger partial charge in [-0.05, 0) is 62.4 Å². The third-order valence-corrected chi connectivity index (χ3v) is 6.67. The van der Waals surface area contributed by atoms with Gasteiger partial charge in [-0.3, -0.25) is 4.79 Å². The fourth-order valence-corrected chi connectivity index (χ4v) is 5.30. The van der Waals surface area contributed by atoms with Gasteiger partial charge in [0.1, 0.15) is 5.54 Å². The summed E-state index contributed by atoms with van der Waals surface area (Å²) in [4.78, 5) is 36.4. The number of aryl methyl sites for hydroxylation is 1. The number of amidine groups is 1. The van der Waals surface area contributed by atoms with E-state index in [1.165, 1.54) is 0 Å². The number of likely N-dealkylation sites (tertiary alicyclic amines) is 1. The first-order chi connectivity index (χ1) is 15.8. The molecule has 3 amide bonds. The number of anilines is 1. The van der Waals surface area contributed by atoms with Gasteiger partial charge in [0.15, 0.2) is 5.82 Å². The van der Waals surface area contributed by atoms with Crippen LogP contribution in [-0.4, -0.2) is 48.9 Å². The highest BCUT2D eigenvalue weighted by atomic mass is 16.2. The number of aromatic nitrogens is 3. The number of fused-ring (bicyclic) bond motifs is 3. The fraction of sp³-hybridized carbons (Fsp3) is 0.375. The molecule has 9 nitrogen and oxygen atoms in total. The molecule has 2 bridgehead atoms. The lowest BCUT2D eigenvalue weighted by Gasteiger charge is -2.61. The first kappa shape index (κ1) is 21.1. The molecule has 1 aliphatic heterocycles. The number of rotatable bonds is 3. The van der Waals surface area contributed by atoms with Crippen molar-refractivity contribution < 1.29 is 11.0 Å². The summed E-state index contributed by atoms with van der Waals surface area (Å²) in [6.45, 7) is 5.67. The van der Waals surface area contributed by atoms with Crippen molar-refractivity contribution in [3.63, 3.8) is 0 Å². The number of carbonyl (C=O) groups excluding carboxylic acids is 2. The van der Waals surface area contributed by atoms with E-state index in [1.54, 1.807) is 22.5 Å². The maximum Gasteiger partial charge on any atom is 0.323 e. The number of nitrogens with one attached hydrogen (secondary N) is 1. The molecule has 3 heterocycles. The molecule has 3 aromatic rings. The van der Waals surface area contributed by atoms with Gasteiger partial charge < -0.3 is 16.0 Å². The monoisotopic (exact) mass is 447 g/mol. The molecule has 9 heteroatoms. The third kappa shape index (κ3) is 3.53. The molecule has 0 radical (unpaired) electrons. The average Bonchev–Trinajstić information content (AvgIpc) is 3.21. The van der Waals surface area contributed by atoms with Gasteiger partial charge in [0, 0.05) is 31.3 Å². The van der Waals surface area contributed by atoms with Crippen molar-refractivity contribution in [2.45, 2.75) is 51.6 Å². The second-order valence-corrected chi connectivity index (χ2v) is 9.28. The van der Waals surface area contributed by atoms with Crippen LogP contribution in [0.15, 0.2) is 47.7 Å².